The third kappa shape index (κ3) is 2.75. The molecule has 0 fully saturated rings. The average Bonchev–Trinajstić information content (AvgIpc) is 2.76. The van der Waals surface area contributed by atoms with Crippen LogP contribution in [0.4, 0.5) is 5.69 Å². The van der Waals surface area contributed by atoms with Crippen molar-refractivity contribution < 1.29 is 4.79 Å². The smallest absolute Gasteiger partial charge is 0.230 e. The van der Waals surface area contributed by atoms with E-state index in [4.69, 9.17) is 0 Å². The highest BCUT2D eigenvalue weighted by Gasteiger charge is 2.08. The Morgan fingerprint density at radius 3 is 2.47 bits per heavy atom. The molecule has 3 nitrogen and oxygen atoms in total. The molecule has 2 aromatic rings. The number of anilines is 1. The minimum Gasteiger partial charge on any atom is -0.365 e. The van der Waals surface area contributed by atoms with Crippen LogP contribution in [0.25, 0.3) is 0 Å². The minimum absolute atomic E-state index is 0.00449. The van der Waals surface area contributed by atoms with Crippen molar-refractivity contribution in [2.75, 3.05) is 5.32 Å². The molecule has 1 heterocycles. The first-order chi connectivity index (χ1) is 8.16. The second-order valence-corrected chi connectivity index (χ2v) is 4.19. The molecule has 0 bridgehead atoms. The summed E-state index contributed by atoms with van der Waals surface area (Å²) in [6.45, 7) is 3.99. The fourth-order valence-electron chi connectivity index (χ4n) is 1.85. The van der Waals surface area contributed by atoms with Gasteiger partial charge >= 0.3 is 0 Å². The van der Waals surface area contributed by atoms with E-state index in [1.165, 1.54) is 0 Å². The molecule has 0 atom stereocenters. The van der Waals surface area contributed by atoms with Crippen molar-refractivity contribution in [1.82, 2.24) is 4.98 Å². The summed E-state index contributed by atoms with van der Waals surface area (Å²) in [4.78, 5) is 14.9. The Morgan fingerprint density at radius 1 is 1.18 bits per heavy atom. The van der Waals surface area contributed by atoms with Crippen LogP contribution in [0.2, 0.25) is 0 Å². The Kier molecular flexibility index (Phi) is 3.28. The first kappa shape index (κ1) is 11.5. The van der Waals surface area contributed by atoms with Gasteiger partial charge in [0.25, 0.3) is 0 Å². The Labute approximate surface area is 101 Å². The number of amides is 1. The molecular formula is C14H16N2O. The second-order valence-electron chi connectivity index (χ2n) is 4.19. The van der Waals surface area contributed by atoms with Crippen LogP contribution in [0.5, 0.6) is 0 Å². The van der Waals surface area contributed by atoms with Gasteiger partial charge in [0.1, 0.15) is 0 Å². The molecule has 1 aromatic carbocycles. The van der Waals surface area contributed by atoms with Gasteiger partial charge in [-0.25, -0.2) is 0 Å². The van der Waals surface area contributed by atoms with E-state index in [9.17, 15) is 4.79 Å². The van der Waals surface area contributed by atoms with Gasteiger partial charge in [-0.3, -0.25) is 4.79 Å². The summed E-state index contributed by atoms with van der Waals surface area (Å²) in [6.07, 6.45) is 2.20. The lowest BCUT2D eigenvalue weighted by Crippen LogP contribution is -2.16. The van der Waals surface area contributed by atoms with Crippen molar-refractivity contribution in [2.24, 2.45) is 0 Å². The van der Waals surface area contributed by atoms with Gasteiger partial charge in [0.05, 0.1) is 6.42 Å². The fourth-order valence-corrected chi connectivity index (χ4v) is 1.85. The van der Waals surface area contributed by atoms with Crippen molar-refractivity contribution >= 4 is 11.6 Å². The Hall–Kier alpha value is -2.03. The van der Waals surface area contributed by atoms with Crippen LogP contribution in [0, 0.1) is 13.8 Å². The molecule has 0 aliphatic rings. The zero-order chi connectivity index (χ0) is 12.3. The van der Waals surface area contributed by atoms with Gasteiger partial charge in [-0.15, -0.1) is 0 Å². The lowest BCUT2D eigenvalue weighted by molar-refractivity contribution is -0.115. The fraction of sp³-hybridized carbons (Fsp3) is 0.214. The molecule has 88 valence electrons. The molecule has 0 saturated carbocycles. The van der Waals surface area contributed by atoms with E-state index in [1.54, 1.807) is 0 Å². The monoisotopic (exact) mass is 228 g/mol. The molecule has 0 aliphatic carbocycles. The van der Waals surface area contributed by atoms with E-state index < -0.39 is 0 Å². The van der Waals surface area contributed by atoms with Gasteiger partial charge in [-0.05, 0) is 37.1 Å². The van der Waals surface area contributed by atoms with Gasteiger partial charge in [0, 0.05) is 17.6 Å². The summed E-state index contributed by atoms with van der Waals surface area (Å²) in [6, 6.07) is 9.78. The number of rotatable bonds is 3. The van der Waals surface area contributed by atoms with E-state index >= 15 is 0 Å². The minimum atomic E-state index is 0.00449. The molecule has 1 aromatic heterocycles. The highest BCUT2D eigenvalue weighted by Crippen LogP contribution is 2.19. The van der Waals surface area contributed by atoms with Crippen molar-refractivity contribution in [3.05, 3.63) is 53.3 Å². The maximum atomic E-state index is 11.9. The summed E-state index contributed by atoms with van der Waals surface area (Å²) in [7, 11) is 0. The van der Waals surface area contributed by atoms with Crippen molar-refractivity contribution in [2.45, 2.75) is 20.3 Å². The third-order valence-electron chi connectivity index (χ3n) is 2.76. The molecule has 1 amide bonds. The molecule has 2 rings (SSSR count). The Balaban J connectivity index is 2.08. The number of aryl methyl sites for hydroxylation is 2. The van der Waals surface area contributed by atoms with E-state index in [0.717, 1.165) is 22.5 Å². The zero-order valence-electron chi connectivity index (χ0n) is 10.1. The lowest BCUT2D eigenvalue weighted by Gasteiger charge is -2.10. The number of aromatic nitrogens is 1. The number of aromatic amines is 1. The van der Waals surface area contributed by atoms with Crippen LogP contribution in [-0.4, -0.2) is 10.9 Å². The maximum absolute atomic E-state index is 11.9. The number of carbonyl (C=O) groups excluding carboxylic acids is 1. The first-order valence-corrected chi connectivity index (χ1v) is 5.65. The van der Waals surface area contributed by atoms with Gasteiger partial charge < -0.3 is 10.3 Å². The Morgan fingerprint density at radius 2 is 1.88 bits per heavy atom. The number of nitrogens with one attached hydrogen (secondary N) is 2. The molecule has 0 spiro atoms. The number of benzene rings is 1. The molecule has 2 N–H and O–H groups in total. The summed E-state index contributed by atoms with van der Waals surface area (Å²) < 4.78 is 0. The number of hydrogen-bond acceptors (Lipinski definition) is 1. The van der Waals surface area contributed by atoms with Crippen LogP contribution in [0.3, 0.4) is 0 Å². The van der Waals surface area contributed by atoms with E-state index in [1.807, 2.05) is 50.4 Å². The lowest BCUT2D eigenvalue weighted by atomic mass is 10.1. The molecular weight excluding hydrogens is 212 g/mol. The summed E-state index contributed by atoms with van der Waals surface area (Å²) in [5.41, 5.74) is 4.02. The van der Waals surface area contributed by atoms with Crippen LogP contribution in [0.15, 0.2) is 36.5 Å². The van der Waals surface area contributed by atoms with Gasteiger partial charge in [0.2, 0.25) is 5.91 Å². The third-order valence-corrected chi connectivity index (χ3v) is 2.76. The molecule has 0 radical (unpaired) electrons. The van der Waals surface area contributed by atoms with Crippen LogP contribution in [0.1, 0.15) is 16.8 Å². The number of para-hydroxylation sites is 1. The first-order valence-electron chi connectivity index (χ1n) is 5.65. The highest BCUT2D eigenvalue weighted by atomic mass is 16.1. The van der Waals surface area contributed by atoms with Gasteiger partial charge in [-0.2, -0.15) is 0 Å². The molecule has 17 heavy (non-hydrogen) atoms. The normalized spacial score (nSPS) is 10.2. The topological polar surface area (TPSA) is 44.9 Å². The van der Waals surface area contributed by atoms with E-state index in [-0.39, 0.29) is 5.91 Å². The Bertz CT molecular complexity index is 495. The van der Waals surface area contributed by atoms with Gasteiger partial charge in [0.15, 0.2) is 0 Å². The molecule has 0 saturated heterocycles. The standard InChI is InChI=1S/C14H16N2O/c1-10-5-3-6-11(2)14(10)16-13(17)9-12-7-4-8-15-12/h3-8,15H,9H2,1-2H3,(H,16,17). The second kappa shape index (κ2) is 4.87. The predicted molar refractivity (Wildman–Crippen MR) is 69.0 cm³/mol. The largest absolute Gasteiger partial charge is 0.365 e. The quantitative estimate of drug-likeness (QED) is 0.833. The number of hydrogen-bond donors (Lipinski definition) is 2. The maximum Gasteiger partial charge on any atom is 0.230 e. The summed E-state index contributed by atoms with van der Waals surface area (Å²) >= 11 is 0. The van der Waals surface area contributed by atoms with Crippen LogP contribution < -0.4 is 5.32 Å². The molecule has 0 aliphatic heterocycles. The van der Waals surface area contributed by atoms with Crippen molar-refractivity contribution in [3.63, 3.8) is 0 Å². The highest BCUT2D eigenvalue weighted by molar-refractivity contribution is 5.93. The predicted octanol–water partition coefficient (Wildman–Crippen LogP) is 2.81. The summed E-state index contributed by atoms with van der Waals surface area (Å²) in [5.74, 6) is 0.00449. The summed E-state index contributed by atoms with van der Waals surface area (Å²) in [5, 5.41) is 2.96. The molecule has 0 unspecified atom stereocenters. The SMILES string of the molecule is Cc1cccc(C)c1NC(=O)Cc1ccc[nH]1. The van der Waals surface area contributed by atoms with Crippen LogP contribution in [-0.2, 0) is 11.2 Å². The molecule has 3 heteroatoms. The number of H-pyrrole nitrogens is 1. The van der Waals surface area contributed by atoms with Crippen molar-refractivity contribution in [3.8, 4) is 0 Å². The van der Waals surface area contributed by atoms with Gasteiger partial charge in [-0.1, -0.05) is 18.2 Å². The van der Waals surface area contributed by atoms with Crippen LogP contribution >= 0.6 is 0 Å². The van der Waals surface area contributed by atoms with E-state index in [0.29, 0.717) is 6.42 Å². The average molecular weight is 228 g/mol. The van der Waals surface area contributed by atoms with Crippen molar-refractivity contribution in [1.29, 1.82) is 0 Å². The van der Waals surface area contributed by atoms with E-state index in [2.05, 4.69) is 10.3 Å². The number of carbonyl (C=O) groups is 1. The zero-order valence-corrected chi connectivity index (χ0v) is 10.1.